The normalized spacial score (nSPS) is 18.3. The zero-order valence-electron chi connectivity index (χ0n) is 18.2. The molecular formula is C23H28BN5O2. The van der Waals surface area contributed by atoms with Crippen LogP contribution in [-0.2, 0) is 17.9 Å². The first-order valence-electron chi connectivity index (χ1n) is 10.3. The van der Waals surface area contributed by atoms with E-state index in [0.29, 0.717) is 36.6 Å². The SMILES string of the molecule is [B]c1ccc(NC(=O)NCc2ccc(CN3C(=O)C(C)(CC(C)C)N=C3N)cc2)cc1. The molecule has 2 aromatic rings. The summed E-state index contributed by atoms with van der Waals surface area (Å²) in [7, 11) is 5.64. The van der Waals surface area contributed by atoms with E-state index < -0.39 is 5.54 Å². The minimum atomic E-state index is -0.792. The van der Waals surface area contributed by atoms with E-state index in [-0.39, 0.29) is 17.9 Å². The standard InChI is InChI=1S/C23H28BN5O2/c1-15(2)12-23(3)20(30)29(21(25)28-23)14-17-6-4-16(5-7-17)13-26-22(31)27-19-10-8-18(24)9-11-19/h4-11,15H,12-14H2,1-3H3,(H2,25,28)(H2,26,27,31). The van der Waals surface area contributed by atoms with Crippen LogP contribution in [0.1, 0.15) is 38.3 Å². The van der Waals surface area contributed by atoms with Crippen molar-refractivity contribution in [1.29, 1.82) is 0 Å². The number of nitrogens with zero attached hydrogens (tertiary/aromatic N) is 2. The second kappa shape index (κ2) is 9.24. The Morgan fingerprint density at radius 2 is 1.74 bits per heavy atom. The number of anilines is 1. The van der Waals surface area contributed by atoms with Crippen molar-refractivity contribution in [3.8, 4) is 0 Å². The molecule has 8 heteroatoms. The van der Waals surface area contributed by atoms with Gasteiger partial charge in [-0.2, -0.15) is 0 Å². The van der Waals surface area contributed by atoms with Crippen molar-refractivity contribution in [2.45, 2.75) is 45.8 Å². The van der Waals surface area contributed by atoms with Crippen LogP contribution in [0.4, 0.5) is 10.5 Å². The Balaban J connectivity index is 1.53. The molecular weight excluding hydrogens is 389 g/mol. The van der Waals surface area contributed by atoms with Gasteiger partial charge in [-0.3, -0.25) is 9.69 Å². The lowest BCUT2D eigenvalue weighted by Crippen LogP contribution is -2.43. The smallest absolute Gasteiger partial charge is 0.319 e. The molecule has 1 aliphatic rings. The lowest BCUT2D eigenvalue weighted by atomic mass is 9.91. The second-order valence-electron chi connectivity index (χ2n) is 8.48. The van der Waals surface area contributed by atoms with Crippen LogP contribution >= 0.6 is 0 Å². The van der Waals surface area contributed by atoms with Gasteiger partial charge >= 0.3 is 6.03 Å². The van der Waals surface area contributed by atoms with Gasteiger partial charge in [0.2, 0.25) is 0 Å². The molecule has 0 aliphatic carbocycles. The van der Waals surface area contributed by atoms with Crippen molar-refractivity contribution in [3.63, 3.8) is 0 Å². The van der Waals surface area contributed by atoms with Crippen molar-refractivity contribution < 1.29 is 9.59 Å². The molecule has 2 radical (unpaired) electrons. The number of carbonyl (C=O) groups is 2. The molecule has 1 heterocycles. The molecule has 0 fully saturated rings. The van der Waals surface area contributed by atoms with Gasteiger partial charge in [0.15, 0.2) is 5.96 Å². The predicted octanol–water partition coefficient (Wildman–Crippen LogP) is 2.26. The third-order valence-electron chi connectivity index (χ3n) is 5.13. The number of hydrogen-bond donors (Lipinski definition) is 3. The fourth-order valence-corrected chi connectivity index (χ4v) is 3.71. The first-order valence-corrected chi connectivity index (χ1v) is 10.3. The summed E-state index contributed by atoms with van der Waals surface area (Å²) < 4.78 is 0. The summed E-state index contributed by atoms with van der Waals surface area (Å²) in [5.74, 6) is 0.538. The van der Waals surface area contributed by atoms with Crippen LogP contribution in [-0.4, -0.2) is 36.2 Å². The van der Waals surface area contributed by atoms with Gasteiger partial charge in [0.25, 0.3) is 5.91 Å². The Labute approximate surface area is 184 Å². The van der Waals surface area contributed by atoms with Crippen LogP contribution in [0.3, 0.4) is 0 Å². The Hall–Kier alpha value is -3.29. The van der Waals surface area contributed by atoms with E-state index in [2.05, 4.69) is 29.5 Å². The van der Waals surface area contributed by atoms with E-state index in [9.17, 15) is 9.59 Å². The van der Waals surface area contributed by atoms with Crippen molar-refractivity contribution in [1.82, 2.24) is 10.2 Å². The maximum Gasteiger partial charge on any atom is 0.319 e. The predicted molar refractivity (Wildman–Crippen MR) is 124 cm³/mol. The van der Waals surface area contributed by atoms with E-state index in [4.69, 9.17) is 13.6 Å². The maximum atomic E-state index is 12.9. The first-order chi connectivity index (χ1) is 14.7. The second-order valence-corrected chi connectivity index (χ2v) is 8.48. The van der Waals surface area contributed by atoms with E-state index in [1.807, 2.05) is 31.2 Å². The van der Waals surface area contributed by atoms with Gasteiger partial charge in [0, 0.05) is 12.2 Å². The third kappa shape index (κ3) is 5.66. The molecule has 0 saturated heterocycles. The summed E-state index contributed by atoms with van der Waals surface area (Å²) in [6.07, 6.45) is 0.659. The van der Waals surface area contributed by atoms with Crippen LogP contribution in [0.15, 0.2) is 53.5 Å². The summed E-state index contributed by atoms with van der Waals surface area (Å²) in [6.45, 7) is 6.71. The number of benzene rings is 2. The van der Waals surface area contributed by atoms with Crippen LogP contribution in [0.5, 0.6) is 0 Å². The van der Waals surface area contributed by atoms with Crippen LogP contribution < -0.4 is 21.8 Å². The monoisotopic (exact) mass is 417 g/mol. The molecule has 0 bridgehead atoms. The van der Waals surface area contributed by atoms with E-state index >= 15 is 0 Å². The largest absolute Gasteiger partial charge is 0.369 e. The van der Waals surface area contributed by atoms with Crippen molar-refractivity contribution >= 4 is 36.9 Å². The lowest BCUT2D eigenvalue weighted by molar-refractivity contribution is -0.131. The number of aliphatic imine (C=N–C) groups is 1. The fourth-order valence-electron chi connectivity index (χ4n) is 3.71. The number of carbonyl (C=O) groups excluding carboxylic acids is 2. The number of guanidine groups is 1. The molecule has 160 valence electrons. The van der Waals surface area contributed by atoms with Gasteiger partial charge in [-0.05, 0) is 42.5 Å². The number of amides is 3. The van der Waals surface area contributed by atoms with Gasteiger partial charge in [0.1, 0.15) is 13.4 Å². The molecule has 3 amide bonds. The van der Waals surface area contributed by atoms with Gasteiger partial charge in [-0.15, -0.1) is 0 Å². The minimum Gasteiger partial charge on any atom is -0.369 e. The Bertz CT molecular complexity index is 972. The molecule has 1 atom stereocenters. The highest BCUT2D eigenvalue weighted by Crippen LogP contribution is 2.29. The third-order valence-corrected chi connectivity index (χ3v) is 5.13. The number of nitrogens with one attached hydrogen (secondary N) is 2. The quantitative estimate of drug-likeness (QED) is 0.603. The molecule has 1 aliphatic heterocycles. The zero-order valence-corrected chi connectivity index (χ0v) is 18.2. The van der Waals surface area contributed by atoms with E-state index in [0.717, 1.165) is 11.1 Å². The fraction of sp³-hybridized carbons (Fsp3) is 0.348. The molecule has 7 nitrogen and oxygen atoms in total. The molecule has 0 spiro atoms. The molecule has 3 rings (SSSR count). The van der Waals surface area contributed by atoms with E-state index in [1.165, 1.54) is 4.90 Å². The first kappa shape index (κ1) is 22.4. The highest BCUT2D eigenvalue weighted by atomic mass is 16.2. The summed E-state index contributed by atoms with van der Waals surface area (Å²) >= 11 is 0. The Morgan fingerprint density at radius 1 is 1.13 bits per heavy atom. The molecule has 2 aromatic carbocycles. The van der Waals surface area contributed by atoms with Crippen LogP contribution in [0.25, 0.3) is 0 Å². The number of rotatable bonds is 7. The Morgan fingerprint density at radius 3 is 2.35 bits per heavy atom. The maximum absolute atomic E-state index is 12.9. The number of hydrogen-bond acceptors (Lipinski definition) is 4. The van der Waals surface area contributed by atoms with Gasteiger partial charge in [0.05, 0.1) is 6.54 Å². The zero-order chi connectivity index (χ0) is 22.6. The summed E-state index contributed by atoms with van der Waals surface area (Å²) in [4.78, 5) is 30.9. The number of urea groups is 1. The highest BCUT2D eigenvalue weighted by molar-refractivity contribution is 6.32. The van der Waals surface area contributed by atoms with E-state index in [1.54, 1.807) is 24.3 Å². The summed E-state index contributed by atoms with van der Waals surface area (Å²) in [6, 6.07) is 14.3. The number of nitrogens with two attached hydrogens (primary N) is 1. The Kier molecular flexibility index (Phi) is 6.68. The molecule has 31 heavy (non-hydrogen) atoms. The average Bonchev–Trinajstić information content (AvgIpc) is 2.91. The molecule has 0 saturated carbocycles. The van der Waals surface area contributed by atoms with Crippen LogP contribution in [0.2, 0.25) is 0 Å². The summed E-state index contributed by atoms with van der Waals surface area (Å²) in [5, 5.41) is 5.57. The van der Waals surface area contributed by atoms with Gasteiger partial charge in [-0.1, -0.05) is 55.7 Å². The van der Waals surface area contributed by atoms with Crippen molar-refractivity contribution in [2.75, 3.05) is 5.32 Å². The van der Waals surface area contributed by atoms with Crippen LogP contribution in [0, 0.1) is 5.92 Å². The van der Waals surface area contributed by atoms with Gasteiger partial charge < -0.3 is 16.4 Å². The van der Waals surface area contributed by atoms with Crippen molar-refractivity contribution in [2.24, 2.45) is 16.6 Å². The topological polar surface area (TPSA) is 99.8 Å². The molecule has 4 N–H and O–H groups in total. The average molecular weight is 417 g/mol. The highest BCUT2D eigenvalue weighted by Gasteiger charge is 2.43. The van der Waals surface area contributed by atoms with Crippen molar-refractivity contribution in [3.05, 3.63) is 59.7 Å². The minimum absolute atomic E-state index is 0.0659. The summed E-state index contributed by atoms with van der Waals surface area (Å²) in [5.41, 5.74) is 8.44. The molecule has 1 unspecified atom stereocenters. The lowest BCUT2D eigenvalue weighted by Gasteiger charge is -2.23. The van der Waals surface area contributed by atoms with Gasteiger partial charge in [-0.25, -0.2) is 9.79 Å². The molecule has 0 aromatic heterocycles.